The van der Waals surface area contributed by atoms with E-state index in [0.717, 1.165) is 16.5 Å². The number of rotatable bonds is 2. The molecule has 1 aliphatic heterocycles. The molecule has 0 aromatic heterocycles. The van der Waals surface area contributed by atoms with Crippen molar-refractivity contribution in [1.29, 1.82) is 5.26 Å². The van der Waals surface area contributed by atoms with Gasteiger partial charge in [0.05, 0.1) is 18.2 Å². The fourth-order valence-electron chi connectivity index (χ4n) is 2.81. The minimum absolute atomic E-state index is 0.331. The third-order valence-corrected chi connectivity index (χ3v) is 5.08. The van der Waals surface area contributed by atoms with Gasteiger partial charge in [0, 0.05) is 11.3 Å². The number of nitriles is 1. The minimum atomic E-state index is 0.331. The van der Waals surface area contributed by atoms with Crippen molar-refractivity contribution in [2.24, 2.45) is 4.99 Å². The highest BCUT2D eigenvalue weighted by Gasteiger charge is 2.39. The Bertz CT molecular complexity index is 539. The van der Waals surface area contributed by atoms with E-state index >= 15 is 0 Å². The number of amidine groups is 1. The SMILES string of the molecule is N#Cc1cccc(CN=C2NC3(CCCC3)CS2)c1. The average Bonchev–Trinajstić information content (AvgIpc) is 3.08. The number of aliphatic imine (C=N–C) groups is 1. The largest absolute Gasteiger partial charge is 0.359 e. The molecular formula is C15H17N3S. The number of nitrogens with one attached hydrogen (secondary N) is 1. The Morgan fingerprint density at radius 1 is 1.37 bits per heavy atom. The summed E-state index contributed by atoms with van der Waals surface area (Å²) in [5, 5.41) is 13.6. The van der Waals surface area contributed by atoms with Crippen LogP contribution in [-0.2, 0) is 6.54 Å². The molecule has 1 aromatic rings. The Labute approximate surface area is 118 Å². The molecule has 19 heavy (non-hydrogen) atoms. The molecule has 3 rings (SSSR count). The van der Waals surface area contributed by atoms with Gasteiger partial charge in [0.15, 0.2) is 5.17 Å². The van der Waals surface area contributed by atoms with E-state index in [1.807, 2.05) is 36.0 Å². The molecule has 98 valence electrons. The molecule has 1 N–H and O–H groups in total. The van der Waals surface area contributed by atoms with Crippen LogP contribution in [0.2, 0.25) is 0 Å². The van der Waals surface area contributed by atoms with Gasteiger partial charge < -0.3 is 5.32 Å². The molecule has 1 heterocycles. The second-order valence-corrected chi connectivity index (χ2v) is 6.30. The maximum atomic E-state index is 8.88. The number of hydrogen-bond donors (Lipinski definition) is 1. The van der Waals surface area contributed by atoms with Crippen LogP contribution in [0.1, 0.15) is 36.8 Å². The zero-order valence-corrected chi connectivity index (χ0v) is 11.7. The summed E-state index contributed by atoms with van der Waals surface area (Å²) >= 11 is 1.84. The summed E-state index contributed by atoms with van der Waals surface area (Å²) in [6.07, 6.45) is 5.24. The quantitative estimate of drug-likeness (QED) is 0.899. The second kappa shape index (κ2) is 5.26. The first-order valence-corrected chi connectivity index (χ1v) is 7.73. The lowest BCUT2D eigenvalue weighted by Crippen LogP contribution is -2.40. The van der Waals surface area contributed by atoms with Crippen molar-refractivity contribution in [3.05, 3.63) is 35.4 Å². The summed E-state index contributed by atoms with van der Waals surface area (Å²) in [5.74, 6) is 1.16. The van der Waals surface area contributed by atoms with Crippen LogP contribution in [0.3, 0.4) is 0 Å². The van der Waals surface area contributed by atoms with E-state index < -0.39 is 0 Å². The summed E-state index contributed by atoms with van der Waals surface area (Å²) in [6.45, 7) is 0.654. The molecule has 0 atom stereocenters. The maximum absolute atomic E-state index is 8.88. The highest BCUT2D eigenvalue weighted by molar-refractivity contribution is 8.14. The van der Waals surface area contributed by atoms with Crippen LogP contribution in [0.25, 0.3) is 0 Å². The molecule has 1 saturated carbocycles. The summed E-state index contributed by atoms with van der Waals surface area (Å²) in [7, 11) is 0. The molecule has 0 radical (unpaired) electrons. The van der Waals surface area contributed by atoms with Crippen LogP contribution < -0.4 is 5.32 Å². The van der Waals surface area contributed by atoms with Crippen LogP contribution in [0.4, 0.5) is 0 Å². The van der Waals surface area contributed by atoms with E-state index in [2.05, 4.69) is 16.4 Å². The van der Waals surface area contributed by atoms with Gasteiger partial charge in [-0.1, -0.05) is 36.7 Å². The highest BCUT2D eigenvalue weighted by Crippen LogP contribution is 2.37. The van der Waals surface area contributed by atoms with E-state index in [-0.39, 0.29) is 0 Å². The van der Waals surface area contributed by atoms with Crippen molar-refractivity contribution >= 4 is 16.9 Å². The first-order chi connectivity index (χ1) is 9.30. The van der Waals surface area contributed by atoms with E-state index in [0.29, 0.717) is 17.6 Å². The zero-order chi connectivity index (χ0) is 13.1. The summed E-state index contributed by atoms with van der Waals surface area (Å²) in [5.41, 5.74) is 2.14. The van der Waals surface area contributed by atoms with Gasteiger partial charge in [0.25, 0.3) is 0 Å². The number of benzene rings is 1. The van der Waals surface area contributed by atoms with Crippen molar-refractivity contribution in [2.45, 2.75) is 37.8 Å². The normalized spacial score (nSPS) is 22.6. The number of hydrogen-bond acceptors (Lipinski definition) is 3. The zero-order valence-electron chi connectivity index (χ0n) is 10.9. The molecule has 1 spiro atoms. The van der Waals surface area contributed by atoms with Gasteiger partial charge in [-0.05, 0) is 30.5 Å². The molecule has 4 heteroatoms. The van der Waals surface area contributed by atoms with Crippen molar-refractivity contribution < 1.29 is 0 Å². The van der Waals surface area contributed by atoms with Gasteiger partial charge in [-0.3, -0.25) is 4.99 Å². The Balaban J connectivity index is 1.65. The van der Waals surface area contributed by atoms with Gasteiger partial charge in [-0.15, -0.1) is 0 Å². The molecule has 2 fully saturated rings. The summed E-state index contributed by atoms with van der Waals surface area (Å²) in [6, 6.07) is 9.85. The molecule has 0 amide bonds. The smallest absolute Gasteiger partial charge is 0.157 e. The van der Waals surface area contributed by atoms with Crippen molar-refractivity contribution in [1.82, 2.24) is 5.32 Å². The average molecular weight is 271 g/mol. The van der Waals surface area contributed by atoms with Crippen LogP contribution in [0.15, 0.2) is 29.3 Å². The molecule has 1 aromatic carbocycles. The van der Waals surface area contributed by atoms with Gasteiger partial charge in [-0.2, -0.15) is 5.26 Å². The van der Waals surface area contributed by atoms with E-state index in [4.69, 9.17) is 5.26 Å². The Morgan fingerprint density at radius 2 is 2.21 bits per heavy atom. The second-order valence-electron chi connectivity index (χ2n) is 5.33. The van der Waals surface area contributed by atoms with Gasteiger partial charge >= 0.3 is 0 Å². The van der Waals surface area contributed by atoms with Gasteiger partial charge in [-0.25, -0.2) is 0 Å². The first-order valence-electron chi connectivity index (χ1n) is 6.74. The molecule has 2 aliphatic rings. The Morgan fingerprint density at radius 3 is 3.00 bits per heavy atom. The topological polar surface area (TPSA) is 48.2 Å². The molecular weight excluding hydrogens is 254 g/mol. The Hall–Kier alpha value is -1.47. The van der Waals surface area contributed by atoms with Gasteiger partial charge in [0.2, 0.25) is 0 Å². The van der Waals surface area contributed by atoms with Crippen LogP contribution >= 0.6 is 11.8 Å². The summed E-state index contributed by atoms with van der Waals surface area (Å²) in [4.78, 5) is 4.65. The standard InChI is InChI=1S/C15H17N3S/c16-9-12-4-3-5-13(8-12)10-17-14-18-15(11-19-14)6-1-2-7-15/h3-5,8H,1-2,6-7,10-11H2,(H,17,18). The van der Waals surface area contributed by atoms with Crippen molar-refractivity contribution in [2.75, 3.05) is 5.75 Å². The highest BCUT2D eigenvalue weighted by atomic mass is 32.2. The van der Waals surface area contributed by atoms with Gasteiger partial charge in [0.1, 0.15) is 0 Å². The molecule has 3 nitrogen and oxygen atoms in total. The van der Waals surface area contributed by atoms with Crippen LogP contribution in [0.5, 0.6) is 0 Å². The van der Waals surface area contributed by atoms with Crippen LogP contribution in [-0.4, -0.2) is 16.5 Å². The number of thioether (sulfide) groups is 1. The van der Waals surface area contributed by atoms with Crippen LogP contribution in [0, 0.1) is 11.3 Å². The maximum Gasteiger partial charge on any atom is 0.157 e. The van der Waals surface area contributed by atoms with Crippen molar-refractivity contribution in [3.8, 4) is 6.07 Å². The lowest BCUT2D eigenvalue weighted by Gasteiger charge is -2.21. The molecule has 0 unspecified atom stereocenters. The lowest BCUT2D eigenvalue weighted by atomic mass is 10.0. The monoisotopic (exact) mass is 271 g/mol. The van der Waals surface area contributed by atoms with E-state index in [1.165, 1.54) is 25.7 Å². The molecule has 1 aliphatic carbocycles. The minimum Gasteiger partial charge on any atom is -0.359 e. The lowest BCUT2D eigenvalue weighted by molar-refractivity contribution is 0.452. The van der Waals surface area contributed by atoms with E-state index in [9.17, 15) is 0 Å². The van der Waals surface area contributed by atoms with E-state index in [1.54, 1.807) is 0 Å². The fourth-order valence-corrected chi connectivity index (χ4v) is 4.03. The fraction of sp³-hybridized carbons (Fsp3) is 0.467. The molecule has 0 bridgehead atoms. The third kappa shape index (κ3) is 2.76. The van der Waals surface area contributed by atoms with Crippen molar-refractivity contribution in [3.63, 3.8) is 0 Å². The Kier molecular flexibility index (Phi) is 3.48. The third-order valence-electron chi connectivity index (χ3n) is 3.88. The summed E-state index contributed by atoms with van der Waals surface area (Å²) < 4.78 is 0. The molecule has 1 saturated heterocycles. The first kappa shape index (κ1) is 12.6. The predicted molar refractivity (Wildman–Crippen MR) is 79.1 cm³/mol. The number of nitrogens with zero attached hydrogens (tertiary/aromatic N) is 2. The predicted octanol–water partition coefficient (Wildman–Crippen LogP) is 3.06.